The van der Waals surface area contributed by atoms with Gasteiger partial charge in [0.05, 0.1) is 31.2 Å². The van der Waals surface area contributed by atoms with E-state index < -0.39 is 12.0 Å². The molecule has 2 amide bonds. The Morgan fingerprint density at radius 1 is 1.27 bits per heavy atom. The number of carbonyl (C=O) groups is 2. The summed E-state index contributed by atoms with van der Waals surface area (Å²) < 4.78 is 10.8. The molecule has 0 bridgehead atoms. The zero-order chi connectivity index (χ0) is 21.1. The van der Waals surface area contributed by atoms with E-state index in [1.807, 2.05) is 0 Å². The summed E-state index contributed by atoms with van der Waals surface area (Å²) in [6.07, 6.45) is 4.82. The lowest BCUT2D eigenvalue weighted by molar-refractivity contribution is -0.908. The first-order valence-corrected chi connectivity index (χ1v) is 10.5. The second kappa shape index (κ2) is 8.75. The van der Waals surface area contributed by atoms with Crippen molar-refractivity contribution < 1.29 is 23.6 Å². The van der Waals surface area contributed by atoms with Crippen LogP contribution in [-0.4, -0.2) is 32.2 Å². The van der Waals surface area contributed by atoms with Crippen LogP contribution in [0, 0.1) is 0 Å². The van der Waals surface area contributed by atoms with Gasteiger partial charge in [0.15, 0.2) is 0 Å². The van der Waals surface area contributed by atoms with Crippen molar-refractivity contribution in [3.63, 3.8) is 0 Å². The van der Waals surface area contributed by atoms with Crippen molar-refractivity contribution in [3.05, 3.63) is 70.8 Å². The van der Waals surface area contributed by atoms with Gasteiger partial charge in [0.2, 0.25) is 0 Å². The van der Waals surface area contributed by atoms with Crippen LogP contribution >= 0.6 is 0 Å². The van der Waals surface area contributed by atoms with Crippen molar-refractivity contribution in [1.82, 2.24) is 10.6 Å². The Hall–Kier alpha value is -3.06. The third-order valence-electron chi connectivity index (χ3n) is 5.90. The Bertz CT molecular complexity index is 951. The lowest BCUT2D eigenvalue weighted by atomic mass is 9.87. The summed E-state index contributed by atoms with van der Waals surface area (Å²) in [6.45, 7) is 2.52. The molecule has 1 aromatic carbocycles. The number of fused-ring (bicyclic) bond motifs is 1. The number of rotatable bonds is 6. The summed E-state index contributed by atoms with van der Waals surface area (Å²) in [4.78, 5) is 26.5. The highest BCUT2D eigenvalue weighted by Crippen LogP contribution is 2.29. The minimum Gasteiger partial charge on any atom is -0.467 e. The third kappa shape index (κ3) is 3.98. The number of urea groups is 1. The van der Waals surface area contributed by atoms with Crippen LogP contribution in [0.5, 0.6) is 0 Å². The number of hydrogen-bond acceptors (Lipinski definition) is 4. The number of nitrogens with one attached hydrogen (secondary N) is 3. The highest BCUT2D eigenvalue weighted by atomic mass is 16.5. The monoisotopic (exact) mass is 410 g/mol. The Morgan fingerprint density at radius 3 is 2.87 bits per heavy atom. The molecular weight excluding hydrogens is 382 g/mol. The maximum absolute atomic E-state index is 12.9. The van der Waals surface area contributed by atoms with Crippen LogP contribution in [0.25, 0.3) is 0 Å². The quantitative estimate of drug-likeness (QED) is 0.637. The largest absolute Gasteiger partial charge is 0.467 e. The number of esters is 1. The van der Waals surface area contributed by atoms with Crippen molar-refractivity contribution >= 4 is 12.0 Å². The van der Waals surface area contributed by atoms with Gasteiger partial charge in [-0.3, -0.25) is 0 Å². The summed E-state index contributed by atoms with van der Waals surface area (Å²) in [5.74, 6) is 0.0595. The minimum atomic E-state index is -0.672. The molecule has 0 saturated carbocycles. The second-order valence-corrected chi connectivity index (χ2v) is 7.83. The van der Waals surface area contributed by atoms with E-state index in [9.17, 15) is 9.59 Å². The summed E-state index contributed by atoms with van der Waals surface area (Å²) in [6, 6.07) is 11.3. The predicted octanol–water partition coefficient (Wildman–Crippen LogP) is 2.04. The highest BCUT2D eigenvalue weighted by Gasteiger charge is 2.37. The van der Waals surface area contributed by atoms with Crippen LogP contribution in [0.1, 0.15) is 48.7 Å². The SMILES string of the molecule is CCOC(=O)C1=C(C[NH+](C)[C@@H]2CCCc3ccccc32)NC(=O)N[C@H]1c1ccco1. The van der Waals surface area contributed by atoms with Gasteiger partial charge < -0.3 is 24.7 Å². The van der Waals surface area contributed by atoms with Gasteiger partial charge in [-0.25, -0.2) is 9.59 Å². The van der Waals surface area contributed by atoms with E-state index in [1.54, 1.807) is 19.1 Å². The maximum atomic E-state index is 12.9. The lowest BCUT2D eigenvalue weighted by Gasteiger charge is -2.33. The van der Waals surface area contributed by atoms with Gasteiger partial charge in [0.1, 0.15) is 24.4 Å². The number of amides is 2. The maximum Gasteiger partial charge on any atom is 0.338 e. The fourth-order valence-electron chi connectivity index (χ4n) is 4.54. The van der Waals surface area contributed by atoms with E-state index in [0.29, 0.717) is 29.6 Å². The average molecular weight is 410 g/mol. The van der Waals surface area contributed by atoms with Gasteiger partial charge in [0.25, 0.3) is 0 Å². The molecule has 2 heterocycles. The highest BCUT2D eigenvalue weighted by molar-refractivity contribution is 5.95. The normalized spacial score (nSPS) is 22.0. The van der Waals surface area contributed by atoms with Gasteiger partial charge in [0, 0.05) is 12.0 Å². The van der Waals surface area contributed by atoms with E-state index in [0.717, 1.165) is 19.3 Å². The second-order valence-electron chi connectivity index (χ2n) is 7.83. The molecule has 30 heavy (non-hydrogen) atoms. The van der Waals surface area contributed by atoms with E-state index in [2.05, 4.69) is 41.9 Å². The van der Waals surface area contributed by atoms with Crippen LogP contribution < -0.4 is 15.5 Å². The van der Waals surface area contributed by atoms with Crippen molar-refractivity contribution in [2.45, 2.75) is 38.3 Å². The number of furan rings is 1. The van der Waals surface area contributed by atoms with Gasteiger partial charge in [-0.1, -0.05) is 24.3 Å². The summed E-state index contributed by atoms with van der Waals surface area (Å²) in [5, 5.41) is 5.65. The Labute approximate surface area is 176 Å². The van der Waals surface area contributed by atoms with E-state index in [4.69, 9.17) is 9.15 Å². The van der Waals surface area contributed by atoms with Crippen LogP contribution in [-0.2, 0) is 16.0 Å². The summed E-state index contributed by atoms with van der Waals surface area (Å²) in [7, 11) is 2.11. The van der Waals surface area contributed by atoms with Crippen LogP contribution in [0.2, 0.25) is 0 Å². The molecule has 1 aliphatic carbocycles. The number of ether oxygens (including phenoxy) is 1. The first kappa shape index (κ1) is 20.2. The van der Waals surface area contributed by atoms with Gasteiger partial charge in [-0.15, -0.1) is 0 Å². The Kier molecular flexibility index (Phi) is 5.90. The standard InChI is InChI=1S/C23H27N3O4/c1-3-29-22(27)20-17(24-23(28)25-21(20)19-12-7-13-30-19)14-26(2)18-11-6-9-15-8-4-5-10-16(15)18/h4-5,7-8,10,12-13,18,21H,3,6,9,11,14H2,1-2H3,(H2,24,25,28)/p+1/t18-,21+/m1/s1. The molecule has 1 aromatic heterocycles. The fourth-order valence-corrected chi connectivity index (χ4v) is 4.54. The minimum absolute atomic E-state index is 0.257. The first-order valence-electron chi connectivity index (χ1n) is 10.5. The molecule has 3 atom stereocenters. The van der Waals surface area contributed by atoms with Gasteiger partial charge >= 0.3 is 12.0 Å². The van der Waals surface area contributed by atoms with Crippen molar-refractivity contribution in [2.75, 3.05) is 20.2 Å². The predicted molar refractivity (Wildman–Crippen MR) is 111 cm³/mol. The van der Waals surface area contributed by atoms with Crippen molar-refractivity contribution in [2.24, 2.45) is 0 Å². The van der Waals surface area contributed by atoms with E-state index in [1.165, 1.54) is 22.3 Å². The Morgan fingerprint density at radius 2 is 2.10 bits per heavy atom. The summed E-state index contributed by atoms with van der Waals surface area (Å²) >= 11 is 0. The molecule has 7 nitrogen and oxygen atoms in total. The molecule has 0 saturated heterocycles. The molecular formula is C23H28N3O4+. The zero-order valence-corrected chi connectivity index (χ0v) is 17.4. The summed E-state index contributed by atoms with van der Waals surface area (Å²) in [5.41, 5.74) is 3.71. The Balaban J connectivity index is 1.68. The molecule has 0 spiro atoms. The zero-order valence-electron chi connectivity index (χ0n) is 17.4. The molecule has 1 aliphatic heterocycles. The molecule has 7 heteroatoms. The smallest absolute Gasteiger partial charge is 0.338 e. The number of benzene rings is 1. The van der Waals surface area contributed by atoms with Crippen molar-refractivity contribution in [3.8, 4) is 0 Å². The van der Waals surface area contributed by atoms with Crippen LogP contribution in [0.3, 0.4) is 0 Å². The molecule has 2 aliphatic rings. The molecule has 0 radical (unpaired) electrons. The third-order valence-corrected chi connectivity index (χ3v) is 5.90. The molecule has 3 N–H and O–H groups in total. The van der Waals surface area contributed by atoms with E-state index in [-0.39, 0.29) is 12.6 Å². The van der Waals surface area contributed by atoms with Crippen molar-refractivity contribution in [1.29, 1.82) is 0 Å². The number of quaternary nitrogens is 1. The fraction of sp³-hybridized carbons (Fsp3) is 0.391. The number of aryl methyl sites for hydroxylation is 1. The number of carbonyl (C=O) groups excluding carboxylic acids is 2. The molecule has 158 valence electrons. The van der Waals surface area contributed by atoms with Gasteiger partial charge in [-0.05, 0) is 37.5 Å². The molecule has 2 aromatic rings. The van der Waals surface area contributed by atoms with E-state index >= 15 is 0 Å². The number of hydrogen-bond donors (Lipinski definition) is 3. The van der Waals surface area contributed by atoms with Crippen LogP contribution in [0.4, 0.5) is 4.79 Å². The average Bonchev–Trinajstić information content (AvgIpc) is 3.28. The number of likely N-dealkylation sites (N-methyl/N-ethyl adjacent to an activating group) is 1. The topological polar surface area (TPSA) is 85.0 Å². The van der Waals surface area contributed by atoms with Gasteiger partial charge in [-0.2, -0.15) is 0 Å². The molecule has 4 rings (SSSR count). The molecule has 0 fully saturated rings. The lowest BCUT2D eigenvalue weighted by Crippen LogP contribution is -3.10. The molecule has 1 unspecified atom stereocenters. The first-order chi connectivity index (χ1) is 14.6. The van der Waals surface area contributed by atoms with Crippen LogP contribution in [0.15, 0.2) is 58.3 Å².